The minimum absolute atomic E-state index is 0.0234. The van der Waals surface area contributed by atoms with Crippen molar-refractivity contribution in [2.75, 3.05) is 19.0 Å². The maximum atomic E-state index is 13.6. The fourth-order valence-corrected chi connectivity index (χ4v) is 6.48. The number of aromatic nitrogens is 1. The molecule has 8 nitrogen and oxygen atoms in total. The molecule has 0 spiro atoms. The summed E-state index contributed by atoms with van der Waals surface area (Å²) >= 11 is 1.60. The molecule has 1 fully saturated rings. The lowest BCUT2D eigenvalue weighted by molar-refractivity contribution is 0.0611. The number of hydrogen-bond acceptors (Lipinski definition) is 7. The van der Waals surface area contributed by atoms with E-state index in [2.05, 4.69) is 15.6 Å². The molecule has 1 saturated heterocycles. The molecule has 1 aliphatic rings. The number of hydrogen-bond donors (Lipinski definition) is 3. The second kappa shape index (κ2) is 14.4. The molecule has 2 amide bonds. The number of thiazole rings is 1. The molecule has 0 saturated carbocycles. The minimum atomic E-state index is -0.210. The molecule has 44 heavy (non-hydrogen) atoms. The zero-order valence-corrected chi connectivity index (χ0v) is 26.3. The van der Waals surface area contributed by atoms with E-state index in [4.69, 9.17) is 4.74 Å². The number of anilines is 1. The van der Waals surface area contributed by atoms with Gasteiger partial charge in [-0.25, -0.2) is 4.98 Å². The molecule has 9 heteroatoms. The first kappa shape index (κ1) is 31.1. The van der Waals surface area contributed by atoms with Crippen LogP contribution in [0.25, 0.3) is 0 Å². The zero-order chi connectivity index (χ0) is 31.1. The number of methoxy groups -OCH3 is 1. The van der Waals surface area contributed by atoms with Crippen molar-refractivity contribution >= 4 is 28.8 Å². The number of likely N-dealkylation sites (tertiary alicyclic amines) is 1. The monoisotopic (exact) mass is 612 g/mol. The van der Waals surface area contributed by atoms with Gasteiger partial charge in [-0.3, -0.25) is 9.59 Å². The molecular formula is C35H40N4O4S. The van der Waals surface area contributed by atoms with Crippen LogP contribution < -0.4 is 15.4 Å². The highest BCUT2D eigenvalue weighted by molar-refractivity contribution is 7.09. The maximum Gasteiger partial charge on any atom is 0.254 e. The molecule has 0 aliphatic carbocycles. The number of carbonyl (C=O) groups excluding carboxylic acids is 2. The summed E-state index contributed by atoms with van der Waals surface area (Å²) in [4.78, 5) is 33.3. The average Bonchev–Trinajstić information content (AvgIpc) is 3.49. The molecule has 0 unspecified atom stereocenters. The molecule has 1 aliphatic heterocycles. The second-order valence-corrected chi connectivity index (χ2v) is 12.3. The summed E-state index contributed by atoms with van der Waals surface area (Å²) < 4.78 is 5.28. The molecule has 2 atom stereocenters. The molecule has 230 valence electrons. The van der Waals surface area contributed by atoms with Crippen LogP contribution in [0, 0.1) is 6.92 Å². The summed E-state index contributed by atoms with van der Waals surface area (Å²) in [5, 5.41) is 19.9. The highest BCUT2D eigenvalue weighted by Crippen LogP contribution is 2.34. The Morgan fingerprint density at radius 1 is 1.07 bits per heavy atom. The van der Waals surface area contributed by atoms with Crippen LogP contribution in [0.5, 0.6) is 11.5 Å². The highest BCUT2D eigenvalue weighted by Gasteiger charge is 2.31. The van der Waals surface area contributed by atoms with Gasteiger partial charge in [0.1, 0.15) is 16.5 Å². The maximum absolute atomic E-state index is 13.6. The van der Waals surface area contributed by atoms with Crippen molar-refractivity contribution in [1.82, 2.24) is 15.2 Å². The van der Waals surface area contributed by atoms with Crippen LogP contribution >= 0.6 is 11.3 Å². The molecule has 3 N–H and O–H groups in total. The second-order valence-electron chi connectivity index (χ2n) is 11.4. The normalized spacial score (nSPS) is 15.4. The lowest BCUT2D eigenvalue weighted by Gasteiger charge is -2.34. The summed E-state index contributed by atoms with van der Waals surface area (Å²) in [6.45, 7) is 5.18. The van der Waals surface area contributed by atoms with Gasteiger partial charge in [0.25, 0.3) is 11.8 Å². The number of aromatic hydroxyl groups is 1. The van der Waals surface area contributed by atoms with Crippen LogP contribution in [0.2, 0.25) is 0 Å². The Bertz CT molecular complexity index is 1600. The van der Waals surface area contributed by atoms with Crippen molar-refractivity contribution in [3.8, 4) is 11.5 Å². The summed E-state index contributed by atoms with van der Waals surface area (Å²) in [6.07, 6.45) is 4.32. The fourth-order valence-electron chi connectivity index (χ4n) is 5.54. The van der Waals surface area contributed by atoms with E-state index >= 15 is 0 Å². The number of aryl methyl sites for hydroxylation is 2. The third-order valence-corrected chi connectivity index (χ3v) is 9.04. The number of ether oxygens (including phenoxy) is 1. The highest BCUT2D eigenvalue weighted by atomic mass is 32.1. The third kappa shape index (κ3) is 7.77. The Hall–Kier alpha value is -4.37. The molecular weight excluding hydrogens is 572 g/mol. The molecule has 0 bridgehead atoms. The number of amides is 2. The van der Waals surface area contributed by atoms with E-state index in [0.717, 1.165) is 46.8 Å². The SMILES string of the molecule is COc1cccc(CNc2ccc(CC[C@H](C)NC(=O)c3cccc(C(=O)N4CCCC[C@@H]4c4nc(C)cs4)c3)cc2O)c1. The number of nitrogens with zero attached hydrogens (tertiary/aromatic N) is 2. The van der Waals surface area contributed by atoms with Crippen molar-refractivity contribution < 1.29 is 19.4 Å². The summed E-state index contributed by atoms with van der Waals surface area (Å²) in [6, 6.07) is 20.3. The Morgan fingerprint density at radius 2 is 1.89 bits per heavy atom. The lowest BCUT2D eigenvalue weighted by Crippen LogP contribution is -2.38. The van der Waals surface area contributed by atoms with Crippen molar-refractivity contribution in [2.24, 2.45) is 0 Å². The first-order valence-electron chi connectivity index (χ1n) is 15.1. The Morgan fingerprint density at radius 3 is 2.66 bits per heavy atom. The number of phenolic OH excluding ortho intramolecular Hbond substituents is 1. The quantitative estimate of drug-likeness (QED) is 0.159. The van der Waals surface area contributed by atoms with Crippen LogP contribution in [-0.4, -0.2) is 46.5 Å². The predicted molar refractivity (Wildman–Crippen MR) is 175 cm³/mol. The Kier molecular flexibility index (Phi) is 10.2. The number of piperidine rings is 1. The average molecular weight is 613 g/mol. The van der Waals surface area contributed by atoms with Gasteiger partial charge in [0.2, 0.25) is 0 Å². The van der Waals surface area contributed by atoms with Crippen LogP contribution in [0.1, 0.15) is 81.2 Å². The van der Waals surface area contributed by atoms with Gasteiger partial charge in [0.15, 0.2) is 0 Å². The van der Waals surface area contributed by atoms with Gasteiger partial charge >= 0.3 is 0 Å². The van der Waals surface area contributed by atoms with Gasteiger partial charge < -0.3 is 25.4 Å². The lowest BCUT2D eigenvalue weighted by atomic mass is 10.0. The summed E-state index contributed by atoms with van der Waals surface area (Å²) in [5.74, 6) is 0.702. The van der Waals surface area contributed by atoms with Gasteiger partial charge in [0, 0.05) is 41.3 Å². The minimum Gasteiger partial charge on any atom is -0.506 e. The smallest absolute Gasteiger partial charge is 0.254 e. The fraction of sp³-hybridized carbons (Fsp3) is 0.343. The number of phenols is 1. The Balaban J connectivity index is 1.14. The molecule has 3 aromatic carbocycles. The van der Waals surface area contributed by atoms with E-state index in [1.165, 1.54) is 0 Å². The van der Waals surface area contributed by atoms with E-state index in [-0.39, 0.29) is 29.6 Å². The first-order chi connectivity index (χ1) is 21.3. The number of benzene rings is 3. The van der Waals surface area contributed by atoms with Crippen molar-refractivity contribution in [2.45, 2.75) is 64.6 Å². The van der Waals surface area contributed by atoms with E-state index in [9.17, 15) is 14.7 Å². The van der Waals surface area contributed by atoms with Crippen LogP contribution in [0.3, 0.4) is 0 Å². The summed E-state index contributed by atoms with van der Waals surface area (Å²) in [5.41, 5.74) is 4.64. The number of rotatable bonds is 11. The number of nitrogens with one attached hydrogen (secondary N) is 2. The zero-order valence-electron chi connectivity index (χ0n) is 25.5. The molecule has 2 heterocycles. The van der Waals surface area contributed by atoms with Crippen LogP contribution in [-0.2, 0) is 13.0 Å². The Labute approximate surface area is 263 Å². The largest absolute Gasteiger partial charge is 0.506 e. The van der Waals surface area contributed by atoms with E-state index in [1.807, 2.05) is 60.5 Å². The number of carbonyl (C=O) groups is 2. The van der Waals surface area contributed by atoms with Gasteiger partial charge in [-0.2, -0.15) is 0 Å². The molecule has 5 rings (SSSR count). The predicted octanol–water partition coefficient (Wildman–Crippen LogP) is 6.90. The van der Waals surface area contributed by atoms with E-state index in [0.29, 0.717) is 42.7 Å². The van der Waals surface area contributed by atoms with Gasteiger partial charge in [-0.05, 0) is 99.5 Å². The summed E-state index contributed by atoms with van der Waals surface area (Å²) in [7, 11) is 1.64. The van der Waals surface area contributed by atoms with E-state index < -0.39 is 0 Å². The van der Waals surface area contributed by atoms with Crippen molar-refractivity contribution in [3.05, 3.63) is 105 Å². The first-order valence-corrected chi connectivity index (χ1v) is 16.0. The van der Waals surface area contributed by atoms with Gasteiger partial charge in [-0.1, -0.05) is 24.3 Å². The van der Waals surface area contributed by atoms with Gasteiger partial charge in [0.05, 0.1) is 18.8 Å². The van der Waals surface area contributed by atoms with Crippen LogP contribution in [0.15, 0.2) is 72.1 Å². The third-order valence-electron chi connectivity index (χ3n) is 7.98. The van der Waals surface area contributed by atoms with Crippen molar-refractivity contribution in [3.63, 3.8) is 0 Å². The molecule has 0 radical (unpaired) electrons. The van der Waals surface area contributed by atoms with Gasteiger partial charge in [-0.15, -0.1) is 11.3 Å². The molecule has 1 aromatic heterocycles. The topological polar surface area (TPSA) is 104 Å². The molecule has 4 aromatic rings. The van der Waals surface area contributed by atoms with Crippen molar-refractivity contribution in [1.29, 1.82) is 0 Å². The van der Waals surface area contributed by atoms with E-state index in [1.54, 1.807) is 48.8 Å². The van der Waals surface area contributed by atoms with Crippen LogP contribution in [0.4, 0.5) is 5.69 Å². The standard InChI is InChI=1S/C35H40N4O4S/c1-23(13-14-25-15-16-30(32(40)19-25)36-21-26-8-6-11-29(18-26)43-3)37-33(41)27-9-7-10-28(20-27)35(42)39-17-5-4-12-31(39)34-38-24(2)22-44-34/h6-11,15-16,18-20,22-23,31,36,40H,4-5,12-14,17,21H2,1-3H3,(H,37,41)/t23-,31+/m0/s1.